The second kappa shape index (κ2) is 5.66. The zero-order chi connectivity index (χ0) is 14.9. The predicted octanol–water partition coefficient (Wildman–Crippen LogP) is 2.89. The van der Waals surface area contributed by atoms with E-state index >= 15 is 0 Å². The summed E-state index contributed by atoms with van der Waals surface area (Å²) < 4.78 is 2.53. The summed E-state index contributed by atoms with van der Waals surface area (Å²) in [4.78, 5) is 12.4. The molecule has 5 nitrogen and oxygen atoms in total. The number of nitrogens with two attached hydrogens (primary N) is 1. The second-order valence-corrected chi connectivity index (χ2v) is 5.57. The quantitative estimate of drug-likeness (QED) is 0.846. The van der Waals surface area contributed by atoms with Crippen molar-refractivity contribution in [3.05, 3.63) is 39.6 Å². The van der Waals surface area contributed by atoms with Crippen molar-refractivity contribution in [2.45, 2.75) is 20.3 Å². The Morgan fingerprint density at radius 3 is 2.80 bits per heavy atom. The van der Waals surface area contributed by atoms with Crippen LogP contribution in [0, 0.1) is 6.92 Å². The highest BCUT2D eigenvalue weighted by Crippen LogP contribution is 2.28. The summed E-state index contributed by atoms with van der Waals surface area (Å²) in [5.74, 6) is -0.188. The number of nitrogen functional groups attached to an aromatic ring is 1. The molecule has 0 unspecified atom stereocenters. The van der Waals surface area contributed by atoms with Crippen molar-refractivity contribution in [1.82, 2.24) is 9.78 Å². The molecule has 0 radical (unpaired) electrons. The van der Waals surface area contributed by atoms with Crippen LogP contribution in [0.25, 0.3) is 0 Å². The normalized spacial score (nSPS) is 10.6. The minimum Gasteiger partial charge on any atom is -0.397 e. The number of benzene rings is 1. The van der Waals surface area contributed by atoms with E-state index in [4.69, 9.17) is 5.73 Å². The third kappa shape index (κ3) is 2.85. The van der Waals surface area contributed by atoms with Crippen LogP contribution in [-0.2, 0) is 13.5 Å². The number of rotatable bonds is 3. The molecule has 20 heavy (non-hydrogen) atoms. The van der Waals surface area contributed by atoms with Gasteiger partial charge in [0.25, 0.3) is 5.91 Å². The molecule has 0 aliphatic heterocycles. The first-order valence-electron chi connectivity index (χ1n) is 6.31. The van der Waals surface area contributed by atoms with Crippen LogP contribution < -0.4 is 11.1 Å². The van der Waals surface area contributed by atoms with Crippen LogP contribution in [0.5, 0.6) is 0 Å². The average molecular weight is 337 g/mol. The standard InChI is InChI=1S/C14H17BrN4O/c1-4-12-10(7-19(3)18-12)14(20)17-13-8(2)5-9(15)6-11(13)16/h5-7H,4,16H2,1-3H3,(H,17,20). The summed E-state index contributed by atoms with van der Waals surface area (Å²) in [6.07, 6.45) is 2.43. The molecule has 1 aromatic carbocycles. The van der Waals surface area contributed by atoms with E-state index in [1.165, 1.54) is 0 Å². The number of carbonyl (C=O) groups is 1. The molecule has 106 valence electrons. The molecule has 2 rings (SSSR count). The fraction of sp³-hybridized carbons (Fsp3) is 0.286. The molecule has 3 N–H and O–H groups in total. The van der Waals surface area contributed by atoms with Crippen molar-refractivity contribution < 1.29 is 4.79 Å². The van der Waals surface area contributed by atoms with E-state index in [9.17, 15) is 4.79 Å². The van der Waals surface area contributed by atoms with Gasteiger partial charge in [-0.15, -0.1) is 0 Å². The van der Waals surface area contributed by atoms with Crippen molar-refractivity contribution >= 4 is 33.2 Å². The maximum absolute atomic E-state index is 12.4. The van der Waals surface area contributed by atoms with E-state index in [-0.39, 0.29) is 5.91 Å². The van der Waals surface area contributed by atoms with Gasteiger partial charge in [0.05, 0.1) is 22.6 Å². The average Bonchev–Trinajstić information content (AvgIpc) is 2.75. The van der Waals surface area contributed by atoms with E-state index in [0.29, 0.717) is 23.4 Å². The van der Waals surface area contributed by atoms with Gasteiger partial charge in [0.15, 0.2) is 0 Å². The van der Waals surface area contributed by atoms with E-state index in [1.807, 2.05) is 19.9 Å². The lowest BCUT2D eigenvalue weighted by atomic mass is 10.1. The number of amides is 1. The van der Waals surface area contributed by atoms with E-state index in [1.54, 1.807) is 24.0 Å². The topological polar surface area (TPSA) is 72.9 Å². The summed E-state index contributed by atoms with van der Waals surface area (Å²) in [7, 11) is 1.80. The van der Waals surface area contributed by atoms with Gasteiger partial charge < -0.3 is 11.1 Å². The molecule has 0 spiro atoms. The largest absolute Gasteiger partial charge is 0.397 e. The van der Waals surface area contributed by atoms with Crippen LogP contribution in [0.3, 0.4) is 0 Å². The summed E-state index contributed by atoms with van der Waals surface area (Å²) in [5, 5.41) is 7.14. The minimum absolute atomic E-state index is 0.188. The third-order valence-corrected chi connectivity index (χ3v) is 3.51. The molecule has 0 atom stereocenters. The number of aromatic nitrogens is 2. The monoisotopic (exact) mass is 336 g/mol. The lowest BCUT2D eigenvalue weighted by Crippen LogP contribution is -2.15. The Morgan fingerprint density at radius 2 is 2.20 bits per heavy atom. The molecule has 1 amide bonds. The lowest BCUT2D eigenvalue weighted by molar-refractivity contribution is 0.102. The Balaban J connectivity index is 2.32. The smallest absolute Gasteiger partial charge is 0.259 e. The van der Waals surface area contributed by atoms with Crippen molar-refractivity contribution in [3.63, 3.8) is 0 Å². The maximum Gasteiger partial charge on any atom is 0.259 e. The highest BCUT2D eigenvalue weighted by atomic mass is 79.9. The SMILES string of the molecule is CCc1nn(C)cc1C(=O)Nc1c(C)cc(Br)cc1N. The summed E-state index contributed by atoms with van der Waals surface area (Å²) >= 11 is 3.38. The number of carbonyl (C=O) groups excluding carboxylic acids is 1. The first-order chi connectivity index (χ1) is 9.42. The highest BCUT2D eigenvalue weighted by molar-refractivity contribution is 9.10. The maximum atomic E-state index is 12.4. The van der Waals surface area contributed by atoms with E-state index in [0.717, 1.165) is 15.7 Å². The molecule has 0 bridgehead atoms. The van der Waals surface area contributed by atoms with Gasteiger partial charge in [0.2, 0.25) is 0 Å². The van der Waals surface area contributed by atoms with Crippen LogP contribution in [0.15, 0.2) is 22.8 Å². The molecule has 6 heteroatoms. The van der Waals surface area contributed by atoms with Gasteiger partial charge in [-0.2, -0.15) is 5.10 Å². The van der Waals surface area contributed by atoms with Crippen LogP contribution in [-0.4, -0.2) is 15.7 Å². The number of anilines is 2. The summed E-state index contributed by atoms with van der Waals surface area (Å²) in [6.45, 7) is 3.87. The van der Waals surface area contributed by atoms with Crippen molar-refractivity contribution in [2.24, 2.45) is 7.05 Å². The van der Waals surface area contributed by atoms with Crippen molar-refractivity contribution in [3.8, 4) is 0 Å². The fourth-order valence-corrected chi connectivity index (χ4v) is 2.70. The number of hydrogen-bond acceptors (Lipinski definition) is 3. The van der Waals surface area contributed by atoms with Gasteiger partial charge in [0.1, 0.15) is 0 Å². The Hall–Kier alpha value is -1.82. The van der Waals surface area contributed by atoms with Gasteiger partial charge in [-0.1, -0.05) is 22.9 Å². The number of nitrogens with one attached hydrogen (secondary N) is 1. The number of nitrogens with zero attached hydrogens (tertiary/aromatic N) is 2. The van der Waals surface area contributed by atoms with Gasteiger partial charge >= 0.3 is 0 Å². The third-order valence-electron chi connectivity index (χ3n) is 3.05. The Kier molecular flexibility index (Phi) is 4.13. The zero-order valence-electron chi connectivity index (χ0n) is 11.7. The number of halogens is 1. The van der Waals surface area contributed by atoms with Crippen LogP contribution in [0.1, 0.15) is 28.5 Å². The van der Waals surface area contributed by atoms with Crippen LogP contribution in [0.2, 0.25) is 0 Å². The molecule has 2 aromatic rings. The lowest BCUT2D eigenvalue weighted by Gasteiger charge is -2.11. The van der Waals surface area contributed by atoms with Gasteiger partial charge in [-0.05, 0) is 31.0 Å². The van der Waals surface area contributed by atoms with Crippen molar-refractivity contribution in [1.29, 1.82) is 0 Å². The molecule has 0 fully saturated rings. The molecular weight excluding hydrogens is 320 g/mol. The zero-order valence-corrected chi connectivity index (χ0v) is 13.3. The molecule has 0 aliphatic rings. The van der Waals surface area contributed by atoms with Crippen LogP contribution in [0.4, 0.5) is 11.4 Å². The van der Waals surface area contributed by atoms with Gasteiger partial charge in [0, 0.05) is 17.7 Å². The van der Waals surface area contributed by atoms with Crippen LogP contribution >= 0.6 is 15.9 Å². The van der Waals surface area contributed by atoms with Gasteiger partial charge in [-0.3, -0.25) is 9.48 Å². The predicted molar refractivity (Wildman–Crippen MR) is 83.8 cm³/mol. The second-order valence-electron chi connectivity index (χ2n) is 4.66. The summed E-state index contributed by atoms with van der Waals surface area (Å²) in [6, 6.07) is 3.68. The molecule has 1 aromatic heterocycles. The molecular formula is C14H17BrN4O. The number of aryl methyl sites for hydroxylation is 3. The molecule has 0 saturated heterocycles. The van der Waals surface area contributed by atoms with E-state index in [2.05, 4.69) is 26.3 Å². The Bertz CT molecular complexity index is 640. The fourth-order valence-electron chi connectivity index (χ4n) is 2.11. The molecule has 0 saturated carbocycles. The number of hydrogen-bond donors (Lipinski definition) is 2. The molecule has 0 aliphatic carbocycles. The van der Waals surface area contributed by atoms with Gasteiger partial charge in [-0.25, -0.2) is 0 Å². The molecule has 1 heterocycles. The highest BCUT2D eigenvalue weighted by Gasteiger charge is 2.16. The van der Waals surface area contributed by atoms with Crippen molar-refractivity contribution in [2.75, 3.05) is 11.1 Å². The Labute approximate surface area is 126 Å². The van der Waals surface area contributed by atoms with E-state index < -0.39 is 0 Å². The first-order valence-corrected chi connectivity index (χ1v) is 7.11. The minimum atomic E-state index is -0.188. The summed E-state index contributed by atoms with van der Waals surface area (Å²) in [5.41, 5.74) is 9.40. The Morgan fingerprint density at radius 1 is 1.50 bits per heavy atom. The first kappa shape index (κ1) is 14.6.